The van der Waals surface area contributed by atoms with Crippen molar-refractivity contribution in [2.24, 2.45) is 34.6 Å². The van der Waals surface area contributed by atoms with Gasteiger partial charge >= 0.3 is 6.09 Å². The van der Waals surface area contributed by atoms with Crippen LogP contribution in [0.15, 0.2) is 232 Å². The molecule has 0 radical (unpaired) electrons. The first kappa shape index (κ1) is 98.6. The van der Waals surface area contributed by atoms with Gasteiger partial charge in [0, 0.05) is 17.3 Å². The average molecular weight is 1490 g/mol. The number of nitrogens with zero attached hydrogens (tertiary/aromatic N) is 1. The Morgan fingerprint density at radius 3 is 1.30 bits per heavy atom. The molecule has 105 heavy (non-hydrogen) atoms. The van der Waals surface area contributed by atoms with Crippen LogP contribution in [0.2, 0.25) is 0 Å². The molecule has 8 atom stereocenters. The molecular weight excluding hydrogens is 1350 g/mol. The van der Waals surface area contributed by atoms with Gasteiger partial charge in [-0.05, 0) is 254 Å². The maximum absolute atomic E-state index is 12.4. The van der Waals surface area contributed by atoms with Crippen molar-refractivity contribution in [1.82, 2.24) is 5.32 Å². The van der Waals surface area contributed by atoms with Gasteiger partial charge in [0.2, 0.25) is 6.08 Å². The molecule has 5 aromatic rings. The SMILES string of the molecule is C.C=C(C)c1cccc(C(C)(C)N=C=O)c1.C=CC(C)CCC=CCC(CC)c1ccccc1.C=CC(CCC=CCC(CC)c1ccccc1)CC(C)CCSCCO.C=CC(CCC=CCC(CC)c1ccccc1)CC(C)CCSCCOC(=O)NC(C)(C)c1cccc(C(=C)C)c1.OCCS. The summed E-state index contributed by atoms with van der Waals surface area (Å²) in [6, 6.07) is 48.5. The highest BCUT2D eigenvalue weighted by Crippen LogP contribution is 2.31. The Labute approximate surface area is 656 Å². The third-order valence-corrected chi connectivity index (χ3v) is 21.1. The first-order chi connectivity index (χ1) is 50.0. The number of hydrogen-bond acceptors (Lipinski definition) is 9. The van der Waals surface area contributed by atoms with Crippen LogP contribution >= 0.6 is 36.2 Å². The van der Waals surface area contributed by atoms with Gasteiger partial charge in [-0.3, -0.25) is 0 Å². The molecule has 0 aliphatic carbocycles. The third kappa shape index (κ3) is 46.5. The second-order valence-electron chi connectivity index (χ2n) is 28.6. The number of amides is 1. The molecule has 580 valence electrons. The second-order valence-corrected chi connectivity index (χ2v) is 31.5. The predicted octanol–water partition coefficient (Wildman–Crippen LogP) is 27.0. The molecule has 0 aliphatic rings. The highest BCUT2D eigenvalue weighted by molar-refractivity contribution is 7.99. The average Bonchev–Trinajstić information content (AvgIpc) is 0.837. The van der Waals surface area contributed by atoms with Crippen LogP contribution in [-0.4, -0.2) is 71.0 Å². The number of benzene rings is 5. The van der Waals surface area contributed by atoms with Crippen LogP contribution in [0.1, 0.15) is 250 Å². The Morgan fingerprint density at radius 1 is 0.552 bits per heavy atom. The molecule has 0 saturated carbocycles. The van der Waals surface area contributed by atoms with E-state index in [1.165, 1.54) is 80.9 Å². The number of nitrogens with one attached hydrogen (secondary N) is 1. The van der Waals surface area contributed by atoms with Crippen LogP contribution in [0.3, 0.4) is 0 Å². The van der Waals surface area contributed by atoms with E-state index in [4.69, 9.17) is 14.9 Å². The van der Waals surface area contributed by atoms with Crippen molar-refractivity contribution in [3.8, 4) is 0 Å². The van der Waals surface area contributed by atoms with Gasteiger partial charge in [0.25, 0.3) is 0 Å². The maximum Gasteiger partial charge on any atom is 0.407 e. The number of hydrogen-bond donors (Lipinski definition) is 4. The number of carbonyl (C=O) groups excluding carboxylic acids is 2. The van der Waals surface area contributed by atoms with Gasteiger partial charge in [0.15, 0.2) is 0 Å². The monoisotopic (exact) mass is 1490 g/mol. The topological polar surface area (TPSA) is 108 Å². The van der Waals surface area contributed by atoms with E-state index in [1.807, 2.05) is 114 Å². The van der Waals surface area contributed by atoms with Crippen molar-refractivity contribution in [1.29, 1.82) is 0 Å². The summed E-state index contributed by atoms with van der Waals surface area (Å²) in [5.41, 5.74) is 9.48. The fourth-order valence-electron chi connectivity index (χ4n) is 11.9. The van der Waals surface area contributed by atoms with Crippen molar-refractivity contribution >= 4 is 59.5 Å². The second kappa shape index (κ2) is 61.6. The first-order valence-corrected chi connectivity index (χ1v) is 41.5. The quantitative estimate of drug-likeness (QED) is 0.0101. The van der Waals surface area contributed by atoms with E-state index >= 15 is 0 Å². The Hall–Kier alpha value is -6.36. The third-order valence-electron chi connectivity index (χ3n) is 18.9. The molecule has 0 fully saturated rings. The molecule has 0 saturated heterocycles. The van der Waals surface area contributed by atoms with E-state index in [1.54, 1.807) is 6.08 Å². The molecule has 0 aliphatic heterocycles. The molecule has 5 rings (SSSR count). The number of ether oxygens (including phenoxy) is 1. The van der Waals surface area contributed by atoms with Crippen LogP contribution < -0.4 is 5.32 Å². The fourth-order valence-corrected chi connectivity index (χ4v) is 13.7. The van der Waals surface area contributed by atoms with Crippen molar-refractivity contribution in [3.63, 3.8) is 0 Å². The molecule has 1 amide bonds. The standard InChI is InChI=1S/C37H53NO2S.C24H38OS.C18H26.C13H15NO.C2H6OS.CH4/c1-8-31(17-12-10-13-18-32(9-2)33-19-14-11-15-20-33)27-30(5)23-25-41-26-24-40-36(39)38-37(6,7)35-22-16-21-34(28-35)29(3)4;1-4-22(20-21(3)16-18-26-19-17-25)12-8-6-9-13-23(5-2)24-14-10-7-11-15-24;1-4-16(3)12-8-6-9-13-17(5-2)18-14-10-7-11-15-18;1-10(2)11-6-5-7-12(8-11)13(3,4)14-9-15;3-1-2-4;/h8,10-11,13-16,19-22,28,30-32H,1,3,9,12,17-18,23-27H2,2,4-7H3,(H,38,39);4,6-7,9-11,14-15,21-23,25H,1,5,8,12-13,16-20H2,2-3H3;4,6-7,9-11,14-17H,1,5,8,12-13H2,2-3H3;5-8H,1H2,2-4H3;3-4H,1-2H2;1H4. The molecule has 7 nitrogen and oxygen atoms in total. The zero-order valence-electron chi connectivity index (χ0n) is 66.4. The number of allylic oxidation sites excluding steroid dienone is 11. The molecular formula is C95H142N2O5S3. The summed E-state index contributed by atoms with van der Waals surface area (Å²) < 4.78 is 5.47. The van der Waals surface area contributed by atoms with Crippen molar-refractivity contribution < 1.29 is 24.5 Å². The molecule has 3 N–H and O–H groups in total. The van der Waals surface area contributed by atoms with E-state index in [2.05, 4.69) is 243 Å². The van der Waals surface area contributed by atoms with Crippen LogP contribution in [-0.2, 0) is 20.6 Å². The van der Waals surface area contributed by atoms with Crippen LogP contribution in [0.25, 0.3) is 11.1 Å². The summed E-state index contributed by atoms with van der Waals surface area (Å²) in [5.74, 6) is 9.58. The number of rotatable bonds is 46. The number of aliphatic imine (C=N–C) groups is 1. The lowest BCUT2D eigenvalue weighted by Crippen LogP contribution is -2.41. The predicted molar refractivity (Wildman–Crippen MR) is 471 cm³/mol. The van der Waals surface area contributed by atoms with Gasteiger partial charge in [-0.15, -0.1) is 19.7 Å². The summed E-state index contributed by atoms with van der Waals surface area (Å²) in [5, 5.41) is 19.6. The number of aliphatic hydroxyl groups excluding tert-OH is 2. The van der Waals surface area contributed by atoms with Gasteiger partial charge in [0.05, 0.1) is 24.3 Å². The molecule has 0 spiro atoms. The molecule has 5 aromatic carbocycles. The van der Waals surface area contributed by atoms with Crippen molar-refractivity contribution in [2.45, 2.75) is 222 Å². The minimum Gasteiger partial charge on any atom is -0.449 e. The van der Waals surface area contributed by atoms with Crippen LogP contribution in [0.4, 0.5) is 4.79 Å². The van der Waals surface area contributed by atoms with E-state index in [0.29, 0.717) is 60.4 Å². The lowest BCUT2D eigenvalue weighted by atomic mass is 9.90. The van der Waals surface area contributed by atoms with Gasteiger partial charge < -0.3 is 20.3 Å². The van der Waals surface area contributed by atoms with Gasteiger partial charge in [-0.2, -0.15) is 41.1 Å². The highest BCUT2D eigenvalue weighted by Gasteiger charge is 2.25. The Bertz CT molecular complexity index is 3200. The zero-order chi connectivity index (χ0) is 77.2. The lowest BCUT2D eigenvalue weighted by molar-refractivity contribution is 0.142. The normalized spacial score (nSPS) is 13.4. The van der Waals surface area contributed by atoms with Crippen LogP contribution in [0, 0.1) is 29.6 Å². The number of isocyanates is 1. The van der Waals surface area contributed by atoms with E-state index in [-0.39, 0.29) is 20.1 Å². The fraction of sp³-hybridized carbons (Fsp3) is 0.495. The van der Waals surface area contributed by atoms with Gasteiger partial charge in [-0.25, -0.2) is 9.59 Å². The van der Waals surface area contributed by atoms with Gasteiger partial charge in [-0.1, -0.05) is 255 Å². The van der Waals surface area contributed by atoms with Gasteiger partial charge in [0.1, 0.15) is 6.61 Å². The number of carbonyl (C=O) groups is 1. The minimum absolute atomic E-state index is 0. The van der Waals surface area contributed by atoms with Crippen molar-refractivity contribution in [3.05, 3.63) is 266 Å². The Morgan fingerprint density at radius 2 is 0.943 bits per heavy atom. The summed E-state index contributed by atoms with van der Waals surface area (Å²) in [6.07, 6.45) is 40.5. The summed E-state index contributed by atoms with van der Waals surface area (Å²) >= 11 is 7.38. The number of thioether (sulfide) groups is 2. The van der Waals surface area contributed by atoms with Crippen LogP contribution in [0.5, 0.6) is 0 Å². The maximum atomic E-state index is 12.4. The van der Waals surface area contributed by atoms with Crippen molar-refractivity contribution in [2.75, 3.05) is 48.6 Å². The number of aliphatic hydroxyl groups is 2. The molecule has 0 bridgehead atoms. The lowest BCUT2D eigenvalue weighted by Gasteiger charge is -2.27. The molecule has 8 unspecified atom stereocenters. The van der Waals surface area contributed by atoms with E-state index < -0.39 is 11.1 Å². The summed E-state index contributed by atoms with van der Waals surface area (Å²) in [4.78, 5) is 26.5. The number of alkyl carbamates (subject to hydrolysis) is 1. The Balaban J connectivity index is 0.00000144. The number of thiol groups is 1. The smallest absolute Gasteiger partial charge is 0.407 e. The molecule has 0 heterocycles. The first-order valence-electron chi connectivity index (χ1n) is 38.6. The van der Waals surface area contributed by atoms with E-state index in [0.717, 1.165) is 101 Å². The minimum atomic E-state index is -0.525. The summed E-state index contributed by atoms with van der Waals surface area (Å²) in [6.45, 7) is 46.2. The molecule has 10 heteroatoms. The molecule has 0 aromatic heterocycles. The zero-order valence-corrected chi connectivity index (χ0v) is 69.0. The Kier molecular flexibility index (Phi) is 57.9. The van der Waals surface area contributed by atoms with E-state index in [9.17, 15) is 9.59 Å². The highest BCUT2D eigenvalue weighted by atomic mass is 32.2. The summed E-state index contributed by atoms with van der Waals surface area (Å²) in [7, 11) is 0. The largest absolute Gasteiger partial charge is 0.449 e.